The van der Waals surface area contributed by atoms with Crippen molar-refractivity contribution < 1.29 is 4.79 Å². The second-order valence-corrected chi connectivity index (χ2v) is 3.34. The van der Waals surface area contributed by atoms with E-state index < -0.39 is 0 Å². The first-order valence-electron chi connectivity index (χ1n) is 3.31. The van der Waals surface area contributed by atoms with Crippen LogP contribution in [-0.4, -0.2) is 6.29 Å². The maximum absolute atomic E-state index is 10.0. The molecule has 12 heavy (non-hydrogen) atoms. The molecule has 0 unspecified atom stereocenters. The summed E-state index contributed by atoms with van der Waals surface area (Å²) >= 11 is 9.13. The van der Waals surface area contributed by atoms with Gasteiger partial charge in [-0.2, -0.15) is 0 Å². The number of benzene rings is 1. The molecular formula is C9H6BrClO. The molecule has 3 heteroatoms. The van der Waals surface area contributed by atoms with Crippen molar-refractivity contribution in [3.63, 3.8) is 0 Å². The fourth-order valence-corrected chi connectivity index (χ4v) is 1.37. The Morgan fingerprint density at radius 1 is 1.42 bits per heavy atom. The molecule has 0 bridgehead atoms. The van der Waals surface area contributed by atoms with Crippen LogP contribution in [0.25, 0.3) is 6.08 Å². The first-order chi connectivity index (χ1) is 5.75. The maximum atomic E-state index is 10.0. The molecule has 0 aliphatic carbocycles. The number of carbonyl (C=O) groups excluding carboxylic acids is 1. The van der Waals surface area contributed by atoms with Crippen molar-refractivity contribution in [2.24, 2.45) is 0 Å². The largest absolute Gasteiger partial charge is 0.299 e. The van der Waals surface area contributed by atoms with Crippen molar-refractivity contribution >= 4 is 39.9 Å². The highest BCUT2D eigenvalue weighted by molar-refractivity contribution is 9.10. The summed E-state index contributed by atoms with van der Waals surface area (Å²) < 4.78 is 0.810. The zero-order chi connectivity index (χ0) is 8.97. The minimum Gasteiger partial charge on any atom is -0.299 e. The second kappa shape index (κ2) is 4.43. The molecular weight excluding hydrogens is 239 g/mol. The van der Waals surface area contributed by atoms with Gasteiger partial charge in [-0.05, 0) is 33.6 Å². The van der Waals surface area contributed by atoms with Gasteiger partial charge in [0, 0.05) is 4.47 Å². The van der Waals surface area contributed by atoms with E-state index in [0.717, 1.165) is 16.3 Å². The number of hydrogen-bond donors (Lipinski definition) is 0. The van der Waals surface area contributed by atoms with E-state index >= 15 is 0 Å². The van der Waals surface area contributed by atoms with Crippen LogP contribution in [0.5, 0.6) is 0 Å². The first-order valence-corrected chi connectivity index (χ1v) is 4.48. The highest BCUT2D eigenvalue weighted by Crippen LogP contribution is 2.26. The van der Waals surface area contributed by atoms with E-state index in [1.54, 1.807) is 12.1 Å². The van der Waals surface area contributed by atoms with E-state index in [9.17, 15) is 4.79 Å². The number of aldehydes is 1. The van der Waals surface area contributed by atoms with Gasteiger partial charge in [0.25, 0.3) is 0 Å². The van der Waals surface area contributed by atoms with E-state index in [1.165, 1.54) is 6.08 Å². The molecule has 1 nitrogen and oxygen atoms in total. The Kier molecular flexibility index (Phi) is 3.50. The van der Waals surface area contributed by atoms with Crippen LogP contribution in [0.2, 0.25) is 5.02 Å². The second-order valence-electron chi connectivity index (χ2n) is 2.14. The molecule has 0 aromatic heterocycles. The zero-order valence-electron chi connectivity index (χ0n) is 6.13. The van der Waals surface area contributed by atoms with Gasteiger partial charge in [-0.1, -0.05) is 29.8 Å². The summed E-state index contributed by atoms with van der Waals surface area (Å²) in [6.45, 7) is 0. The Bertz CT molecular complexity index is 320. The van der Waals surface area contributed by atoms with Gasteiger partial charge in [-0.3, -0.25) is 4.79 Å². The van der Waals surface area contributed by atoms with Crippen LogP contribution >= 0.6 is 27.5 Å². The molecule has 0 saturated heterocycles. The smallest absolute Gasteiger partial charge is 0.142 e. The Balaban J connectivity index is 3.07. The van der Waals surface area contributed by atoms with Crippen LogP contribution in [0, 0.1) is 0 Å². The predicted molar refractivity (Wildman–Crippen MR) is 54.3 cm³/mol. The number of hydrogen-bond acceptors (Lipinski definition) is 1. The lowest BCUT2D eigenvalue weighted by molar-refractivity contribution is -0.104. The van der Waals surface area contributed by atoms with Crippen LogP contribution in [0.4, 0.5) is 0 Å². The quantitative estimate of drug-likeness (QED) is 0.577. The molecule has 0 fully saturated rings. The lowest BCUT2D eigenvalue weighted by atomic mass is 10.2. The highest BCUT2D eigenvalue weighted by atomic mass is 79.9. The summed E-state index contributed by atoms with van der Waals surface area (Å²) in [6, 6.07) is 5.48. The Labute approximate surface area is 84.2 Å². The van der Waals surface area contributed by atoms with Crippen molar-refractivity contribution in [2.45, 2.75) is 0 Å². The SMILES string of the molecule is O=CC=Cc1cccc(Cl)c1Br. The molecule has 0 radical (unpaired) electrons. The topological polar surface area (TPSA) is 17.1 Å². The molecule has 0 saturated carbocycles. The summed E-state index contributed by atoms with van der Waals surface area (Å²) in [5.74, 6) is 0. The van der Waals surface area contributed by atoms with E-state index in [1.807, 2.05) is 12.1 Å². The summed E-state index contributed by atoms with van der Waals surface area (Å²) in [7, 11) is 0. The Hall–Kier alpha value is -0.600. The van der Waals surface area contributed by atoms with Crippen LogP contribution in [0.3, 0.4) is 0 Å². The molecule has 0 amide bonds. The molecule has 0 aliphatic rings. The van der Waals surface area contributed by atoms with E-state index in [-0.39, 0.29) is 0 Å². The number of rotatable bonds is 2. The average Bonchev–Trinajstić information content (AvgIpc) is 2.08. The van der Waals surface area contributed by atoms with E-state index in [0.29, 0.717) is 5.02 Å². The fraction of sp³-hybridized carbons (Fsp3) is 0. The maximum Gasteiger partial charge on any atom is 0.142 e. The van der Waals surface area contributed by atoms with Crippen LogP contribution in [0.15, 0.2) is 28.7 Å². The van der Waals surface area contributed by atoms with Crippen LogP contribution in [0.1, 0.15) is 5.56 Å². The normalized spacial score (nSPS) is 10.5. The summed E-state index contributed by atoms with van der Waals surface area (Å²) in [6.07, 6.45) is 3.85. The molecule has 1 rings (SSSR count). The third-order valence-corrected chi connectivity index (χ3v) is 2.76. The van der Waals surface area contributed by atoms with Gasteiger partial charge >= 0.3 is 0 Å². The van der Waals surface area contributed by atoms with Crippen molar-refractivity contribution in [3.8, 4) is 0 Å². The van der Waals surface area contributed by atoms with Crippen LogP contribution < -0.4 is 0 Å². The third kappa shape index (κ3) is 2.19. The lowest BCUT2D eigenvalue weighted by Crippen LogP contribution is -1.76. The molecule has 0 N–H and O–H groups in total. The monoisotopic (exact) mass is 244 g/mol. The lowest BCUT2D eigenvalue weighted by Gasteiger charge is -1.98. The molecule has 0 aliphatic heterocycles. The molecule has 62 valence electrons. The number of allylic oxidation sites excluding steroid dienone is 1. The first kappa shape index (κ1) is 9.49. The van der Waals surface area contributed by atoms with Crippen molar-refractivity contribution in [3.05, 3.63) is 39.3 Å². The molecule has 0 spiro atoms. The number of halogens is 2. The minimum absolute atomic E-state index is 0.642. The van der Waals surface area contributed by atoms with Crippen LogP contribution in [-0.2, 0) is 4.79 Å². The molecule has 0 heterocycles. The standard InChI is InChI=1S/C9H6BrClO/c10-9-7(4-2-6-12)3-1-5-8(9)11/h1-6H. The van der Waals surface area contributed by atoms with Crippen molar-refractivity contribution in [1.82, 2.24) is 0 Å². The highest BCUT2D eigenvalue weighted by Gasteiger charge is 1.98. The summed E-state index contributed by atoms with van der Waals surface area (Å²) in [4.78, 5) is 10.0. The third-order valence-electron chi connectivity index (χ3n) is 1.34. The van der Waals surface area contributed by atoms with Crippen molar-refractivity contribution in [2.75, 3.05) is 0 Å². The fourth-order valence-electron chi connectivity index (χ4n) is 0.792. The van der Waals surface area contributed by atoms with Gasteiger partial charge in [-0.25, -0.2) is 0 Å². The molecule has 1 aromatic carbocycles. The average molecular weight is 246 g/mol. The summed E-state index contributed by atoms with van der Waals surface area (Å²) in [5, 5.41) is 0.642. The molecule has 0 atom stereocenters. The minimum atomic E-state index is 0.642. The van der Waals surface area contributed by atoms with Gasteiger partial charge in [0.15, 0.2) is 0 Å². The van der Waals surface area contributed by atoms with E-state index in [2.05, 4.69) is 15.9 Å². The van der Waals surface area contributed by atoms with Crippen molar-refractivity contribution in [1.29, 1.82) is 0 Å². The van der Waals surface area contributed by atoms with Gasteiger partial charge in [0.1, 0.15) is 6.29 Å². The van der Waals surface area contributed by atoms with E-state index in [4.69, 9.17) is 11.6 Å². The Morgan fingerprint density at radius 2 is 2.17 bits per heavy atom. The number of carbonyl (C=O) groups is 1. The predicted octanol–water partition coefficient (Wildman–Crippen LogP) is 3.31. The zero-order valence-corrected chi connectivity index (χ0v) is 8.47. The Morgan fingerprint density at radius 3 is 2.83 bits per heavy atom. The van der Waals surface area contributed by atoms with Gasteiger partial charge < -0.3 is 0 Å². The summed E-state index contributed by atoms with van der Waals surface area (Å²) in [5.41, 5.74) is 0.898. The van der Waals surface area contributed by atoms with Gasteiger partial charge in [0.05, 0.1) is 5.02 Å². The molecule has 1 aromatic rings. The van der Waals surface area contributed by atoms with Gasteiger partial charge in [0.2, 0.25) is 0 Å². The van der Waals surface area contributed by atoms with Gasteiger partial charge in [-0.15, -0.1) is 0 Å².